The third-order valence-electron chi connectivity index (χ3n) is 7.98. The van der Waals surface area contributed by atoms with Crippen LogP contribution in [-0.4, -0.2) is 46.1 Å². The Morgan fingerprint density at radius 3 is 1.18 bits per heavy atom. The number of hydrogen-bond acceptors (Lipinski definition) is 4. The number of unbranched alkanes of at least 4 members (excludes halogenated alkanes) is 22. The first-order valence-electron chi connectivity index (χ1n) is 16.8. The van der Waals surface area contributed by atoms with E-state index in [-0.39, 0.29) is 6.61 Å². The van der Waals surface area contributed by atoms with E-state index in [0.717, 1.165) is 32.1 Å². The van der Waals surface area contributed by atoms with Gasteiger partial charge in [-0.25, -0.2) is 0 Å². The highest BCUT2D eigenvalue weighted by atomic mass is 16.3. The van der Waals surface area contributed by atoms with Gasteiger partial charge in [0.2, 0.25) is 5.91 Å². The summed E-state index contributed by atoms with van der Waals surface area (Å²) in [7, 11) is 0. The molecular weight excluding hydrogens is 474 g/mol. The maximum absolute atomic E-state index is 12.3. The Hall–Kier alpha value is -0.650. The fourth-order valence-corrected chi connectivity index (χ4v) is 5.25. The van der Waals surface area contributed by atoms with Crippen LogP contribution in [0.4, 0.5) is 0 Å². The third kappa shape index (κ3) is 24.4. The zero-order chi connectivity index (χ0) is 28.1. The largest absolute Gasteiger partial charge is 0.394 e. The first-order valence-corrected chi connectivity index (χ1v) is 16.8. The normalized spacial score (nSPS) is 13.9. The van der Waals surface area contributed by atoms with Crippen molar-refractivity contribution in [1.82, 2.24) is 5.32 Å². The number of carbonyl (C=O) groups is 1. The van der Waals surface area contributed by atoms with Crippen molar-refractivity contribution in [2.75, 3.05) is 6.61 Å². The lowest BCUT2D eigenvalue weighted by Crippen LogP contribution is -2.49. The summed E-state index contributed by atoms with van der Waals surface area (Å²) in [5.74, 6) is -0.473. The van der Waals surface area contributed by atoms with Crippen LogP contribution in [0.5, 0.6) is 0 Å². The maximum Gasteiger partial charge on any atom is 0.249 e. The quantitative estimate of drug-likeness (QED) is 0.0688. The van der Waals surface area contributed by atoms with Crippen LogP contribution >= 0.6 is 0 Å². The second-order valence-corrected chi connectivity index (χ2v) is 11.7. The third-order valence-corrected chi connectivity index (χ3v) is 7.98. The van der Waals surface area contributed by atoms with E-state index in [0.29, 0.717) is 12.8 Å². The van der Waals surface area contributed by atoms with Crippen LogP contribution in [0.2, 0.25) is 0 Å². The lowest BCUT2D eigenvalue weighted by Gasteiger charge is -2.23. The van der Waals surface area contributed by atoms with Crippen LogP contribution < -0.4 is 5.32 Å². The SMILES string of the molecule is CCCCCCCCCCCCCCCCCC(O)C(CO)NC(=O)C(O)CCCCCCCCCCC. The summed E-state index contributed by atoms with van der Waals surface area (Å²) in [6, 6.07) is -0.702. The molecule has 0 heterocycles. The zero-order valence-corrected chi connectivity index (χ0v) is 25.6. The van der Waals surface area contributed by atoms with Crippen LogP contribution in [0.15, 0.2) is 0 Å². The van der Waals surface area contributed by atoms with Crippen LogP contribution in [0.3, 0.4) is 0 Å². The molecule has 5 nitrogen and oxygen atoms in total. The minimum Gasteiger partial charge on any atom is -0.394 e. The predicted octanol–water partition coefficient (Wildman–Crippen LogP) is 8.37. The molecule has 5 heteroatoms. The second kappa shape index (κ2) is 29.3. The molecule has 0 spiro atoms. The molecule has 0 aliphatic rings. The molecule has 0 aliphatic carbocycles. The van der Waals surface area contributed by atoms with Gasteiger partial charge in [0.25, 0.3) is 0 Å². The molecule has 1 amide bonds. The molecule has 38 heavy (non-hydrogen) atoms. The van der Waals surface area contributed by atoms with Gasteiger partial charge < -0.3 is 20.6 Å². The van der Waals surface area contributed by atoms with Crippen LogP contribution in [0, 0.1) is 0 Å². The highest BCUT2D eigenvalue weighted by molar-refractivity contribution is 5.80. The van der Waals surface area contributed by atoms with Crippen molar-refractivity contribution in [3.8, 4) is 0 Å². The van der Waals surface area contributed by atoms with Crippen molar-refractivity contribution in [2.24, 2.45) is 0 Å². The molecule has 0 aromatic rings. The average Bonchev–Trinajstić information content (AvgIpc) is 2.92. The van der Waals surface area contributed by atoms with Crippen molar-refractivity contribution in [3.05, 3.63) is 0 Å². The molecule has 3 unspecified atom stereocenters. The minimum absolute atomic E-state index is 0.309. The van der Waals surface area contributed by atoms with Gasteiger partial charge in [0.05, 0.1) is 18.8 Å². The highest BCUT2D eigenvalue weighted by Crippen LogP contribution is 2.15. The van der Waals surface area contributed by atoms with Crippen LogP contribution in [0.1, 0.15) is 181 Å². The van der Waals surface area contributed by atoms with Crippen molar-refractivity contribution in [1.29, 1.82) is 0 Å². The average molecular weight is 542 g/mol. The van der Waals surface area contributed by atoms with E-state index >= 15 is 0 Å². The van der Waals surface area contributed by atoms with Gasteiger partial charge >= 0.3 is 0 Å². The molecule has 0 saturated heterocycles. The molecule has 4 N–H and O–H groups in total. The van der Waals surface area contributed by atoms with E-state index < -0.39 is 24.2 Å². The second-order valence-electron chi connectivity index (χ2n) is 11.7. The number of aliphatic hydroxyl groups is 3. The number of amides is 1. The fraction of sp³-hybridized carbons (Fsp3) is 0.970. The van der Waals surface area contributed by atoms with Crippen LogP contribution in [-0.2, 0) is 4.79 Å². The van der Waals surface area contributed by atoms with Gasteiger partial charge in [0.1, 0.15) is 6.10 Å². The van der Waals surface area contributed by atoms with Crippen molar-refractivity contribution in [2.45, 2.75) is 199 Å². The smallest absolute Gasteiger partial charge is 0.249 e. The summed E-state index contributed by atoms with van der Waals surface area (Å²) >= 11 is 0. The van der Waals surface area contributed by atoms with Gasteiger partial charge in [-0.05, 0) is 12.8 Å². The maximum atomic E-state index is 12.3. The summed E-state index contributed by atoms with van der Waals surface area (Å²) < 4.78 is 0. The Kier molecular flexibility index (Phi) is 28.8. The summed E-state index contributed by atoms with van der Waals surface area (Å²) in [5, 5.41) is 32.9. The molecule has 0 radical (unpaired) electrons. The summed E-state index contributed by atoms with van der Waals surface area (Å²) in [5.41, 5.74) is 0. The van der Waals surface area contributed by atoms with Crippen molar-refractivity contribution in [3.63, 3.8) is 0 Å². The molecule has 0 aliphatic heterocycles. The van der Waals surface area contributed by atoms with E-state index in [9.17, 15) is 20.1 Å². The molecule has 0 saturated carbocycles. The fourth-order valence-electron chi connectivity index (χ4n) is 5.25. The minimum atomic E-state index is -1.06. The first-order chi connectivity index (χ1) is 18.6. The number of carbonyl (C=O) groups excluding carboxylic acids is 1. The molecule has 0 fully saturated rings. The summed E-state index contributed by atoms with van der Waals surface area (Å²) in [6.07, 6.45) is 29.4. The predicted molar refractivity (Wildman–Crippen MR) is 162 cm³/mol. The van der Waals surface area contributed by atoms with E-state index in [1.165, 1.54) is 122 Å². The first kappa shape index (κ1) is 37.4. The highest BCUT2D eigenvalue weighted by Gasteiger charge is 2.23. The molecular formula is C33H67NO4. The molecule has 0 aromatic carbocycles. The molecule has 228 valence electrons. The van der Waals surface area contributed by atoms with Gasteiger partial charge in [-0.1, -0.05) is 168 Å². The summed E-state index contributed by atoms with van der Waals surface area (Å²) in [6.45, 7) is 4.19. The zero-order valence-electron chi connectivity index (χ0n) is 25.6. The van der Waals surface area contributed by atoms with E-state index in [1.54, 1.807) is 0 Å². The van der Waals surface area contributed by atoms with E-state index in [2.05, 4.69) is 19.2 Å². The van der Waals surface area contributed by atoms with Crippen LogP contribution in [0.25, 0.3) is 0 Å². The monoisotopic (exact) mass is 542 g/mol. The molecule has 3 atom stereocenters. The van der Waals surface area contributed by atoms with Gasteiger partial charge in [-0.2, -0.15) is 0 Å². The lowest BCUT2D eigenvalue weighted by atomic mass is 10.0. The molecule has 0 bridgehead atoms. The summed E-state index contributed by atoms with van der Waals surface area (Å²) in [4.78, 5) is 12.3. The standard InChI is InChI=1S/C33H67NO4/c1-3-5-7-9-11-13-14-15-16-17-18-20-21-23-25-27-31(36)30(29-35)34-33(38)32(37)28-26-24-22-19-12-10-8-6-4-2/h30-32,35-37H,3-29H2,1-2H3,(H,34,38). The van der Waals surface area contributed by atoms with Gasteiger partial charge in [-0.3, -0.25) is 4.79 Å². The number of aliphatic hydroxyl groups excluding tert-OH is 3. The van der Waals surface area contributed by atoms with Gasteiger partial charge in [-0.15, -0.1) is 0 Å². The van der Waals surface area contributed by atoms with Gasteiger partial charge in [0.15, 0.2) is 0 Å². The Labute approximate surface area is 237 Å². The Balaban J connectivity index is 3.68. The lowest BCUT2D eigenvalue weighted by molar-refractivity contribution is -0.131. The Bertz CT molecular complexity index is 488. The van der Waals surface area contributed by atoms with Crippen molar-refractivity contribution < 1.29 is 20.1 Å². The molecule has 0 rings (SSSR count). The topological polar surface area (TPSA) is 89.8 Å². The number of hydrogen-bond donors (Lipinski definition) is 4. The van der Waals surface area contributed by atoms with E-state index in [1.807, 2.05) is 0 Å². The Morgan fingerprint density at radius 2 is 0.842 bits per heavy atom. The van der Waals surface area contributed by atoms with Gasteiger partial charge in [0, 0.05) is 0 Å². The van der Waals surface area contributed by atoms with E-state index in [4.69, 9.17) is 0 Å². The number of rotatable bonds is 30. The molecule has 0 aromatic heterocycles. The number of nitrogens with one attached hydrogen (secondary N) is 1. The van der Waals surface area contributed by atoms with Crippen molar-refractivity contribution >= 4 is 5.91 Å². The Morgan fingerprint density at radius 1 is 0.526 bits per heavy atom.